The number of carbonyl (C=O) groups is 2. The molecule has 2 saturated heterocycles. The molecule has 8 nitrogen and oxygen atoms in total. The summed E-state index contributed by atoms with van der Waals surface area (Å²) in [5, 5.41) is 0.201. The number of carbonyl (C=O) groups excluding carboxylic acids is 2. The molecule has 11 heteroatoms. The SMILES string of the molecule is O=C(c1ccco1)N1CCN(C(=O)c2cc(S(=O)(=O)N3CCSCC3)ccc2Cl)CC1. The van der Waals surface area contributed by atoms with Crippen LogP contribution in [0.5, 0.6) is 0 Å². The van der Waals surface area contributed by atoms with Crippen LogP contribution < -0.4 is 0 Å². The summed E-state index contributed by atoms with van der Waals surface area (Å²) in [5.74, 6) is 1.19. The van der Waals surface area contributed by atoms with Gasteiger partial charge in [0.05, 0.1) is 21.7 Å². The van der Waals surface area contributed by atoms with Crippen molar-refractivity contribution in [3.63, 3.8) is 0 Å². The molecular formula is C20H22ClN3O5S2. The molecule has 166 valence electrons. The highest BCUT2D eigenvalue weighted by atomic mass is 35.5. The first-order valence-electron chi connectivity index (χ1n) is 9.87. The van der Waals surface area contributed by atoms with E-state index in [1.807, 2.05) is 0 Å². The summed E-state index contributed by atoms with van der Waals surface area (Å²) in [5.41, 5.74) is 0.153. The summed E-state index contributed by atoms with van der Waals surface area (Å²) in [6, 6.07) is 7.51. The van der Waals surface area contributed by atoms with Gasteiger partial charge in [-0.15, -0.1) is 0 Å². The number of hydrogen-bond acceptors (Lipinski definition) is 6. The van der Waals surface area contributed by atoms with Gasteiger partial charge in [0.25, 0.3) is 11.8 Å². The van der Waals surface area contributed by atoms with E-state index >= 15 is 0 Å². The number of amides is 2. The van der Waals surface area contributed by atoms with Crippen molar-refractivity contribution in [1.29, 1.82) is 0 Å². The number of benzene rings is 1. The maximum Gasteiger partial charge on any atom is 0.289 e. The normalized spacial score (nSPS) is 18.2. The van der Waals surface area contributed by atoms with Crippen LogP contribution in [-0.4, -0.2) is 85.1 Å². The Morgan fingerprint density at radius 2 is 1.58 bits per heavy atom. The van der Waals surface area contributed by atoms with Gasteiger partial charge in [-0.25, -0.2) is 8.42 Å². The Kier molecular flexibility index (Phi) is 6.61. The minimum absolute atomic E-state index is 0.0683. The predicted octanol–water partition coefficient (Wildman–Crippen LogP) is 2.27. The van der Waals surface area contributed by atoms with E-state index in [9.17, 15) is 18.0 Å². The maximum absolute atomic E-state index is 13.1. The fourth-order valence-corrected chi connectivity index (χ4v) is 6.40. The van der Waals surface area contributed by atoms with Crippen LogP contribution in [0.3, 0.4) is 0 Å². The van der Waals surface area contributed by atoms with Gasteiger partial charge in [-0.1, -0.05) is 11.6 Å². The van der Waals surface area contributed by atoms with E-state index in [0.29, 0.717) is 39.3 Å². The Morgan fingerprint density at radius 1 is 0.935 bits per heavy atom. The van der Waals surface area contributed by atoms with Gasteiger partial charge in [-0.2, -0.15) is 16.1 Å². The monoisotopic (exact) mass is 483 g/mol. The Balaban J connectivity index is 1.48. The third-order valence-electron chi connectivity index (χ3n) is 5.36. The molecule has 2 aliphatic rings. The predicted molar refractivity (Wildman–Crippen MR) is 118 cm³/mol. The van der Waals surface area contributed by atoms with Crippen molar-refractivity contribution in [2.75, 3.05) is 50.8 Å². The zero-order valence-electron chi connectivity index (χ0n) is 16.7. The minimum Gasteiger partial charge on any atom is -0.459 e. The quantitative estimate of drug-likeness (QED) is 0.662. The highest BCUT2D eigenvalue weighted by Crippen LogP contribution is 2.26. The molecule has 0 unspecified atom stereocenters. The topological polar surface area (TPSA) is 91.1 Å². The summed E-state index contributed by atoms with van der Waals surface area (Å²) in [7, 11) is -3.68. The summed E-state index contributed by atoms with van der Waals surface area (Å²) in [4.78, 5) is 28.8. The summed E-state index contributed by atoms with van der Waals surface area (Å²) in [6.45, 7) is 2.25. The summed E-state index contributed by atoms with van der Waals surface area (Å²) >= 11 is 7.98. The van der Waals surface area contributed by atoms with Crippen molar-refractivity contribution in [2.45, 2.75) is 4.90 Å². The van der Waals surface area contributed by atoms with Crippen LogP contribution in [0.4, 0.5) is 0 Å². The van der Waals surface area contributed by atoms with Crippen LogP contribution in [0.25, 0.3) is 0 Å². The van der Waals surface area contributed by atoms with E-state index in [2.05, 4.69) is 0 Å². The number of halogens is 1. The van der Waals surface area contributed by atoms with E-state index in [-0.39, 0.29) is 33.1 Å². The fourth-order valence-electron chi connectivity index (χ4n) is 3.60. The van der Waals surface area contributed by atoms with Crippen molar-refractivity contribution < 1.29 is 22.4 Å². The number of piperazine rings is 1. The molecular weight excluding hydrogens is 462 g/mol. The molecule has 31 heavy (non-hydrogen) atoms. The Morgan fingerprint density at radius 3 is 2.19 bits per heavy atom. The molecule has 0 saturated carbocycles. The molecule has 2 aromatic rings. The molecule has 2 fully saturated rings. The molecule has 0 aliphatic carbocycles. The van der Waals surface area contributed by atoms with Crippen molar-refractivity contribution in [3.8, 4) is 0 Å². The molecule has 1 aromatic carbocycles. The van der Waals surface area contributed by atoms with E-state index in [4.69, 9.17) is 16.0 Å². The molecule has 0 N–H and O–H groups in total. The Labute approximate surface area is 190 Å². The van der Waals surface area contributed by atoms with Crippen molar-refractivity contribution in [3.05, 3.63) is 52.9 Å². The molecule has 0 radical (unpaired) electrons. The van der Waals surface area contributed by atoms with Gasteiger partial charge in [0, 0.05) is 50.8 Å². The number of rotatable bonds is 4. The third-order valence-corrected chi connectivity index (χ3v) is 8.53. The lowest BCUT2D eigenvalue weighted by Crippen LogP contribution is -2.50. The first kappa shape index (κ1) is 22.2. The maximum atomic E-state index is 13.1. The summed E-state index contributed by atoms with van der Waals surface area (Å²) in [6.07, 6.45) is 1.44. The molecule has 2 aliphatic heterocycles. The highest BCUT2D eigenvalue weighted by molar-refractivity contribution is 7.99. The second kappa shape index (κ2) is 9.23. The van der Waals surface area contributed by atoms with Gasteiger partial charge < -0.3 is 14.2 Å². The van der Waals surface area contributed by atoms with Crippen molar-refractivity contribution in [1.82, 2.24) is 14.1 Å². The summed E-state index contributed by atoms with van der Waals surface area (Å²) < 4.78 is 32.5. The fraction of sp³-hybridized carbons (Fsp3) is 0.400. The smallest absolute Gasteiger partial charge is 0.289 e. The molecule has 0 bridgehead atoms. The molecule has 0 spiro atoms. The lowest BCUT2D eigenvalue weighted by molar-refractivity contribution is 0.0518. The van der Waals surface area contributed by atoms with E-state index in [1.54, 1.807) is 33.7 Å². The van der Waals surface area contributed by atoms with Crippen LogP contribution in [0.15, 0.2) is 45.9 Å². The first-order valence-corrected chi connectivity index (χ1v) is 12.8. The molecule has 0 atom stereocenters. The Hall–Kier alpha value is -2.01. The average Bonchev–Trinajstić information content (AvgIpc) is 3.34. The van der Waals surface area contributed by atoms with E-state index < -0.39 is 10.0 Å². The molecule has 4 rings (SSSR count). The third kappa shape index (κ3) is 4.62. The number of hydrogen-bond donors (Lipinski definition) is 0. The van der Waals surface area contributed by atoms with E-state index in [1.165, 1.54) is 28.8 Å². The minimum atomic E-state index is -3.68. The van der Waals surface area contributed by atoms with E-state index in [0.717, 1.165) is 11.5 Å². The van der Waals surface area contributed by atoms with Crippen LogP contribution >= 0.6 is 23.4 Å². The number of sulfonamides is 1. The number of furan rings is 1. The average molecular weight is 484 g/mol. The van der Waals surface area contributed by atoms with Crippen molar-refractivity contribution in [2.24, 2.45) is 0 Å². The largest absolute Gasteiger partial charge is 0.459 e. The lowest BCUT2D eigenvalue weighted by atomic mass is 10.1. The van der Waals surface area contributed by atoms with Gasteiger partial charge >= 0.3 is 0 Å². The second-order valence-electron chi connectivity index (χ2n) is 7.22. The zero-order chi connectivity index (χ0) is 22.0. The molecule has 3 heterocycles. The van der Waals surface area contributed by atoms with Gasteiger partial charge in [0.1, 0.15) is 0 Å². The highest BCUT2D eigenvalue weighted by Gasteiger charge is 2.30. The lowest BCUT2D eigenvalue weighted by Gasteiger charge is -2.34. The Bertz CT molecular complexity index is 1060. The van der Waals surface area contributed by atoms with Gasteiger partial charge in [0.15, 0.2) is 5.76 Å². The van der Waals surface area contributed by atoms with Gasteiger partial charge in [0.2, 0.25) is 10.0 Å². The van der Waals surface area contributed by atoms with Crippen LogP contribution in [0, 0.1) is 0 Å². The number of nitrogens with zero attached hydrogens (tertiary/aromatic N) is 3. The first-order chi connectivity index (χ1) is 14.9. The van der Waals surface area contributed by atoms with Crippen molar-refractivity contribution >= 4 is 45.2 Å². The second-order valence-corrected chi connectivity index (χ2v) is 10.8. The molecule has 2 amide bonds. The van der Waals surface area contributed by atoms with Crippen LogP contribution in [-0.2, 0) is 10.0 Å². The standard InChI is InChI=1S/C20H22ClN3O5S2/c21-17-4-3-15(31(27,28)24-9-12-30-13-10-24)14-16(17)19(25)22-5-7-23(8-6-22)20(26)18-2-1-11-29-18/h1-4,11,14H,5-10,12-13H2. The van der Waals surface area contributed by atoms with Crippen LogP contribution in [0.2, 0.25) is 5.02 Å². The van der Waals surface area contributed by atoms with Gasteiger partial charge in [-0.3, -0.25) is 9.59 Å². The molecule has 1 aromatic heterocycles. The number of thioether (sulfide) groups is 1. The van der Waals surface area contributed by atoms with Gasteiger partial charge in [-0.05, 0) is 30.3 Å². The van der Waals surface area contributed by atoms with Crippen LogP contribution in [0.1, 0.15) is 20.9 Å². The zero-order valence-corrected chi connectivity index (χ0v) is 19.1.